The molecule has 176 valence electrons. The second-order valence-electron chi connectivity index (χ2n) is 8.64. The van der Waals surface area contributed by atoms with E-state index in [0.717, 1.165) is 29.5 Å². The van der Waals surface area contributed by atoms with Crippen molar-refractivity contribution in [2.45, 2.75) is 46.2 Å². The first kappa shape index (κ1) is 23.8. The molecule has 0 spiro atoms. The van der Waals surface area contributed by atoms with E-state index in [1.807, 2.05) is 36.4 Å². The highest BCUT2D eigenvalue weighted by Crippen LogP contribution is 2.25. The fraction of sp³-hybridized carbons (Fsp3) is 0.636. The number of carbonyl (C=O) groups is 1. The first-order valence-corrected chi connectivity index (χ1v) is 11.1. The maximum atomic E-state index is 13.0. The van der Waals surface area contributed by atoms with E-state index in [4.69, 9.17) is 9.72 Å². The van der Waals surface area contributed by atoms with Crippen LogP contribution in [0.2, 0.25) is 0 Å². The zero-order chi connectivity index (χ0) is 23.6. The fourth-order valence-electron chi connectivity index (χ4n) is 4.16. The summed E-state index contributed by atoms with van der Waals surface area (Å²) in [6, 6.07) is 0.150. The van der Waals surface area contributed by atoms with Crippen LogP contribution in [0.5, 0.6) is 0 Å². The highest BCUT2D eigenvalue weighted by atomic mass is 16.5. The summed E-state index contributed by atoms with van der Waals surface area (Å²) in [4.78, 5) is 46.3. The lowest BCUT2D eigenvalue weighted by molar-refractivity contribution is -0.144. The van der Waals surface area contributed by atoms with Gasteiger partial charge in [0.15, 0.2) is 11.2 Å². The highest BCUT2D eigenvalue weighted by Gasteiger charge is 2.29. The van der Waals surface area contributed by atoms with E-state index >= 15 is 0 Å². The Morgan fingerprint density at radius 3 is 2.62 bits per heavy atom. The minimum Gasteiger partial charge on any atom is -0.465 e. The smallest absolute Gasteiger partial charge is 0.332 e. The molecule has 10 nitrogen and oxygen atoms in total. The molecule has 1 aliphatic heterocycles. The minimum atomic E-state index is -0.397. The summed E-state index contributed by atoms with van der Waals surface area (Å²) in [6.45, 7) is 8.36. The van der Waals surface area contributed by atoms with Crippen LogP contribution in [-0.4, -0.2) is 68.9 Å². The molecular weight excluding hydrogens is 412 g/mol. The van der Waals surface area contributed by atoms with E-state index in [1.165, 1.54) is 11.6 Å². The summed E-state index contributed by atoms with van der Waals surface area (Å²) >= 11 is 0. The molecule has 2 aromatic heterocycles. The Labute approximate surface area is 187 Å². The summed E-state index contributed by atoms with van der Waals surface area (Å²) in [7, 11) is 5.05. The number of aromatic nitrogens is 4. The number of aryl methyl sites for hydroxylation is 1. The number of piperidine rings is 1. The molecule has 32 heavy (non-hydrogen) atoms. The second kappa shape index (κ2) is 9.72. The van der Waals surface area contributed by atoms with E-state index < -0.39 is 5.69 Å². The monoisotopic (exact) mass is 446 g/mol. The summed E-state index contributed by atoms with van der Waals surface area (Å²) in [6.07, 6.45) is 3.94. The van der Waals surface area contributed by atoms with Gasteiger partial charge in [0.25, 0.3) is 5.56 Å². The Morgan fingerprint density at radius 1 is 1.25 bits per heavy atom. The minimum absolute atomic E-state index is 0.150. The Hall–Kier alpha value is -2.88. The van der Waals surface area contributed by atoms with E-state index in [2.05, 4.69) is 4.90 Å². The standard InChI is InChI=1S/C22H34N6O4/c1-7-32-17(29)14-24(4)16-9-8-11-27(13-16)21-23-19-18(28(21)12-10-15(2)3)20(30)26(6)22(31)25(19)5/h10,16H,7-9,11-14H2,1-6H3. The van der Waals surface area contributed by atoms with Crippen LogP contribution >= 0.6 is 0 Å². The Kier molecular flexibility index (Phi) is 7.22. The van der Waals surface area contributed by atoms with E-state index in [0.29, 0.717) is 36.8 Å². The van der Waals surface area contributed by atoms with Gasteiger partial charge in [-0.25, -0.2) is 4.79 Å². The van der Waals surface area contributed by atoms with Gasteiger partial charge in [0.1, 0.15) is 0 Å². The number of hydrogen-bond donors (Lipinski definition) is 0. The number of imidazole rings is 1. The summed E-state index contributed by atoms with van der Waals surface area (Å²) in [5.74, 6) is 0.437. The Bertz CT molecular complexity index is 1140. The molecule has 0 bridgehead atoms. The third-order valence-electron chi connectivity index (χ3n) is 6.00. The largest absolute Gasteiger partial charge is 0.465 e. The molecule has 0 aliphatic carbocycles. The molecule has 0 amide bonds. The zero-order valence-electron chi connectivity index (χ0n) is 19.9. The third kappa shape index (κ3) is 4.64. The van der Waals surface area contributed by atoms with Crippen LogP contribution in [0.4, 0.5) is 5.95 Å². The van der Waals surface area contributed by atoms with Gasteiger partial charge in [0.05, 0.1) is 13.2 Å². The van der Waals surface area contributed by atoms with Gasteiger partial charge in [0.2, 0.25) is 5.95 Å². The molecule has 1 unspecified atom stereocenters. The van der Waals surface area contributed by atoms with Crippen LogP contribution in [0.15, 0.2) is 21.2 Å². The SMILES string of the molecule is CCOC(=O)CN(C)C1CCCN(c2nc3c(c(=O)n(C)c(=O)n3C)n2CC=C(C)C)C1. The van der Waals surface area contributed by atoms with Crippen molar-refractivity contribution in [1.29, 1.82) is 0 Å². The van der Waals surface area contributed by atoms with Crippen molar-refractivity contribution < 1.29 is 9.53 Å². The van der Waals surface area contributed by atoms with Gasteiger partial charge in [-0.1, -0.05) is 11.6 Å². The molecule has 1 fully saturated rings. The van der Waals surface area contributed by atoms with Gasteiger partial charge >= 0.3 is 11.7 Å². The van der Waals surface area contributed by atoms with Crippen LogP contribution in [0, 0.1) is 0 Å². The lowest BCUT2D eigenvalue weighted by Crippen LogP contribution is -2.48. The number of ether oxygens (including phenoxy) is 1. The number of nitrogens with zero attached hydrogens (tertiary/aromatic N) is 6. The molecule has 0 N–H and O–H groups in total. The van der Waals surface area contributed by atoms with Gasteiger partial charge in [-0.3, -0.25) is 23.6 Å². The number of carbonyl (C=O) groups excluding carboxylic acids is 1. The van der Waals surface area contributed by atoms with Crippen molar-refractivity contribution in [1.82, 2.24) is 23.6 Å². The molecule has 1 atom stereocenters. The van der Waals surface area contributed by atoms with Gasteiger partial charge < -0.3 is 14.2 Å². The number of likely N-dealkylation sites (N-methyl/N-ethyl adjacent to an activating group) is 1. The van der Waals surface area contributed by atoms with Crippen LogP contribution in [0.1, 0.15) is 33.6 Å². The van der Waals surface area contributed by atoms with E-state index in [9.17, 15) is 14.4 Å². The lowest BCUT2D eigenvalue weighted by Gasteiger charge is -2.37. The maximum Gasteiger partial charge on any atom is 0.332 e. The fourth-order valence-corrected chi connectivity index (χ4v) is 4.16. The van der Waals surface area contributed by atoms with Crippen molar-refractivity contribution in [3.05, 3.63) is 32.5 Å². The molecule has 0 aromatic carbocycles. The molecule has 3 heterocycles. The average Bonchev–Trinajstić information content (AvgIpc) is 3.14. The molecule has 0 saturated carbocycles. The van der Waals surface area contributed by atoms with Crippen LogP contribution in [-0.2, 0) is 30.2 Å². The molecule has 10 heteroatoms. The maximum absolute atomic E-state index is 13.0. The molecule has 0 radical (unpaired) electrons. The summed E-state index contributed by atoms with van der Waals surface area (Å²) in [5.41, 5.74) is 1.19. The van der Waals surface area contributed by atoms with Gasteiger partial charge in [-0.05, 0) is 40.7 Å². The second-order valence-corrected chi connectivity index (χ2v) is 8.64. The van der Waals surface area contributed by atoms with Gasteiger partial charge in [-0.2, -0.15) is 4.98 Å². The Morgan fingerprint density at radius 2 is 1.97 bits per heavy atom. The highest BCUT2D eigenvalue weighted by molar-refractivity contribution is 5.75. The van der Waals surface area contributed by atoms with Crippen LogP contribution in [0.3, 0.4) is 0 Å². The van der Waals surface area contributed by atoms with Crippen LogP contribution < -0.4 is 16.1 Å². The molecule has 2 aromatic rings. The summed E-state index contributed by atoms with van der Waals surface area (Å²) < 4.78 is 9.54. The van der Waals surface area contributed by atoms with E-state index in [-0.39, 0.29) is 24.1 Å². The number of hydrogen-bond acceptors (Lipinski definition) is 7. The topological polar surface area (TPSA) is 94.6 Å². The average molecular weight is 447 g/mol. The summed E-state index contributed by atoms with van der Waals surface area (Å²) in [5, 5.41) is 0. The number of fused-ring (bicyclic) bond motifs is 1. The zero-order valence-corrected chi connectivity index (χ0v) is 19.9. The van der Waals surface area contributed by atoms with E-state index in [1.54, 1.807) is 14.0 Å². The number of esters is 1. The van der Waals surface area contributed by atoms with Gasteiger partial charge in [0, 0.05) is 39.8 Å². The van der Waals surface area contributed by atoms with Crippen molar-refractivity contribution in [2.24, 2.45) is 14.1 Å². The number of anilines is 1. The predicted molar refractivity (Wildman–Crippen MR) is 124 cm³/mol. The van der Waals surface area contributed by atoms with Crippen molar-refractivity contribution >= 4 is 23.1 Å². The number of allylic oxidation sites excluding steroid dienone is 2. The third-order valence-corrected chi connectivity index (χ3v) is 6.00. The molecule has 3 rings (SSSR count). The number of rotatable bonds is 7. The molecular formula is C22H34N6O4. The molecule has 1 saturated heterocycles. The predicted octanol–water partition coefficient (Wildman–Crippen LogP) is 0.864. The first-order valence-electron chi connectivity index (χ1n) is 11.1. The van der Waals surface area contributed by atoms with Crippen molar-refractivity contribution in [3.8, 4) is 0 Å². The first-order chi connectivity index (χ1) is 15.1. The lowest BCUT2D eigenvalue weighted by atomic mass is 10.0. The van der Waals surface area contributed by atoms with Crippen LogP contribution in [0.25, 0.3) is 11.2 Å². The van der Waals surface area contributed by atoms with Crippen molar-refractivity contribution in [3.63, 3.8) is 0 Å². The molecule has 1 aliphatic rings. The quantitative estimate of drug-likeness (QED) is 0.460. The normalized spacial score (nSPS) is 16.6. The van der Waals surface area contributed by atoms with Gasteiger partial charge in [-0.15, -0.1) is 0 Å². The Balaban J connectivity index is 2.02. The van der Waals surface area contributed by atoms with Crippen molar-refractivity contribution in [2.75, 3.05) is 38.2 Å².